The fourth-order valence-electron chi connectivity index (χ4n) is 2.29. The van der Waals surface area contributed by atoms with Crippen LogP contribution in [0.15, 0.2) is 29.0 Å². The Bertz CT molecular complexity index is 899. The molecule has 3 rings (SSSR count). The Labute approximate surface area is 158 Å². The molecule has 0 fully saturated rings. The van der Waals surface area contributed by atoms with Crippen LogP contribution in [0.4, 0.5) is 5.82 Å². The summed E-state index contributed by atoms with van der Waals surface area (Å²) in [4.78, 5) is 29.2. The molecule has 0 bridgehead atoms. The summed E-state index contributed by atoms with van der Waals surface area (Å²) in [7, 11) is 0. The van der Waals surface area contributed by atoms with Crippen molar-refractivity contribution in [3.05, 3.63) is 34.7 Å². The minimum Gasteiger partial charge on any atom is -0.466 e. The van der Waals surface area contributed by atoms with E-state index in [0.717, 1.165) is 16.3 Å². The lowest BCUT2D eigenvalue weighted by Gasteiger charge is -2.06. The number of esters is 1. The van der Waals surface area contributed by atoms with Crippen molar-refractivity contribution in [1.29, 1.82) is 0 Å². The zero-order chi connectivity index (χ0) is 18.5. The third-order valence-corrected chi connectivity index (χ3v) is 5.12. The fraction of sp³-hybridized carbons (Fsp3) is 0.294. The van der Waals surface area contributed by atoms with Gasteiger partial charge in [-0.1, -0.05) is 6.07 Å². The molecular weight excluding hydrogens is 372 g/mol. The number of carbonyl (C=O) groups is 2. The lowest BCUT2D eigenvalue weighted by Crippen LogP contribution is -2.16. The summed E-state index contributed by atoms with van der Waals surface area (Å²) < 4.78 is 6.44. The molecule has 3 aromatic heterocycles. The van der Waals surface area contributed by atoms with E-state index in [1.807, 2.05) is 29.8 Å². The first-order valence-electron chi connectivity index (χ1n) is 8.08. The summed E-state index contributed by atoms with van der Waals surface area (Å²) in [5.74, 6) is -0.120. The number of nitrogens with zero attached hydrogens (tertiary/aromatic N) is 3. The monoisotopic (exact) mass is 390 g/mol. The molecule has 0 saturated heterocycles. The predicted octanol–water partition coefficient (Wildman–Crippen LogP) is 3.65. The van der Waals surface area contributed by atoms with Gasteiger partial charge in [0.15, 0.2) is 0 Å². The highest BCUT2D eigenvalue weighted by molar-refractivity contribution is 7.15. The molecule has 7 nitrogen and oxygen atoms in total. The molecule has 3 heterocycles. The van der Waals surface area contributed by atoms with Crippen LogP contribution < -0.4 is 5.32 Å². The van der Waals surface area contributed by atoms with E-state index < -0.39 is 0 Å². The van der Waals surface area contributed by atoms with Gasteiger partial charge in [-0.15, -0.1) is 22.7 Å². The van der Waals surface area contributed by atoms with Gasteiger partial charge in [-0.3, -0.25) is 9.59 Å². The number of thiazole rings is 1. The fourth-order valence-corrected chi connectivity index (χ4v) is 3.84. The molecule has 0 unspecified atom stereocenters. The minimum absolute atomic E-state index is 0.0482. The van der Waals surface area contributed by atoms with Gasteiger partial charge in [-0.25, -0.2) is 4.98 Å². The number of carbonyl (C=O) groups excluding carboxylic acids is 2. The number of thiophene rings is 1. The molecule has 136 valence electrons. The van der Waals surface area contributed by atoms with Crippen LogP contribution in [0.1, 0.15) is 25.5 Å². The zero-order valence-electron chi connectivity index (χ0n) is 14.4. The third kappa shape index (κ3) is 4.36. The maximum atomic E-state index is 12.1. The van der Waals surface area contributed by atoms with E-state index in [0.29, 0.717) is 17.6 Å². The molecular formula is C17H18N4O3S2. The lowest BCUT2D eigenvalue weighted by atomic mass is 10.3. The van der Waals surface area contributed by atoms with E-state index in [1.165, 1.54) is 11.3 Å². The topological polar surface area (TPSA) is 86.1 Å². The van der Waals surface area contributed by atoms with Gasteiger partial charge < -0.3 is 10.1 Å². The minimum atomic E-state index is -0.382. The van der Waals surface area contributed by atoms with Crippen LogP contribution in [0.25, 0.3) is 15.7 Å². The van der Waals surface area contributed by atoms with Crippen LogP contribution in [-0.2, 0) is 14.3 Å². The molecule has 1 amide bonds. The molecule has 0 aliphatic rings. The van der Waals surface area contributed by atoms with Crippen molar-refractivity contribution in [3.8, 4) is 15.7 Å². The second kappa shape index (κ2) is 8.24. The quantitative estimate of drug-likeness (QED) is 0.622. The molecule has 0 saturated carbocycles. The highest BCUT2D eigenvalue weighted by atomic mass is 32.1. The molecule has 0 aliphatic carbocycles. The molecule has 9 heteroatoms. The number of anilines is 1. The van der Waals surface area contributed by atoms with Crippen LogP contribution in [0.3, 0.4) is 0 Å². The molecule has 0 atom stereocenters. The van der Waals surface area contributed by atoms with Crippen molar-refractivity contribution < 1.29 is 14.3 Å². The number of aryl methyl sites for hydroxylation is 1. The van der Waals surface area contributed by atoms with Crippen LogP contribution in [0, 0.1) is 6.92 Å². The van der Waals surface area contributed by atoms with Crippen molar-refractivity contribution in [3.63, 3.8) is 0 Å². The normalized spacial score (nSPS) is 10.7. The van der Waals surface area contributed by atoms with Gasteiger partial charge in [0.2, 0.25) is 11.0 Å². The number of aromatic nitrogens is 3. The largest absolute Gasteiger partial charge is 0.466 e. The third-order valence-electron chi connectivity index (χ3n) is 3.41. The van der Waals surface area contributed by atoms with Gasteiger partial charge in [0.1, 0.15) is 5.82 Å². The smallest absolute Gasteiger partial charge is 0.306 e. The highest BCUT2D eigenvalue weighted by Gasteiger charge is 2.15. The molecule has 0 spiro atoms. The molecule has 0 aliphatic heterocycles. The van der Waals surface area contributed by atoms with E-state index in [1.54, 1.807) is 29.0 Å². The average molecular weight is 390 g/mol. The first kappa shape index (κ1) is 18.3. The Balaban J connectivity index is 1.72. The summed E-state index contributed by atoms with van der Waals surface area (Å²) >= 11 is 3.07. The Morgan fingerprint density at radius 2 is 2.15 bits per heavy atom. The lowest BCUT2D eigenvalue weighted by molar-refractivity contribution is -0.144. The van der Waals surface area contributed by atoms with Crippen molar-refractivity contribution >= 4 is 40.4 Å². The van der Waals surface area contributed by atoms with E-state index in [9.17, 15) is 9.59 Å². The summed E-state index contributed by atoms with van der Waals surface area (Å²) in [5, 5.41) is 11.8. The standard InChI is InChI=1S/C17H18N4O3S2/c1-3-24-16(23)7-6-15(22)19-14-9-11(2)20-21(14)17-18-12(10-26-17)13-5-4-8-25-13/h4-5,8-10H,3,6-7H2,1-2H3,(H,19,22). The van der Waals surface area contributed by atoms with E-state index in [-0.39, 0.29) is 24.7 Å². The molecule has 0 radical (unpaired) electrons. The van der Waals surface area contributed by atoms with Crippen molar-refractivity contribution in [2.75, 3.05) is 11.9 Å². The maximum absolute atomic E-state index is 12.1. The summed E-state index contributed by atoms with van der Waals surface area (Å²) in [6, 6.07) is 5.76. The molecule has 3 aromatic rings. The first-order chi connectivity index (χ1) is 12.6. The van der Waals surface area contributed by atoms with Crippen LogP contribution in [0.2, 0.25) is 0 Å². The summed E-state index contributed by atoms with van der Waals surface area (Å²) in [6.07, 6.45) is 0.105. The molecule has 1 N–H and O–H groups in total. The van der Waals surface area contributed by atoms with Gasteiger partial charge in [0, 0.05) is 17.9 Å². The Morgan fingerprint density at radius 3 is 2.88 bits per heavy atom. The predicted molar refractivity (Wildman–Crippen MR) is 102 cm³/mol. The van der Waals surface area contributed by atoms with Crippen molar-refractivity contribution in [1.82, 2.24) is 14.8 Å². The first-order valence-corrected chi connectivity index (χ1v) is 9.84. The SMILES string of the molecule is CCOC(=O)CCC(=O)Nc1cc(C)nn1-c1nc(-c2cccs2)cs1. The Kier molecular flexibility index (Phi) is 5.79. The van der Waals surface area contributed by atoms with Gasteiger partial charge in [0.05, 0.1) is 29.3 Å². The van der Waals surface area contributed by atoms with Crippen molar-refractivity contribution in [2.24, 2.45) is 0 Å². The van der Waals surface area contributed by atoms with E-state index in [4.69, 9.17) is 4.74 Å². The molecule has 26 heavy (non-hydrogen) atoms. The number of nitrogens with one attached hydrogen (secondary N) is 1. The number of hydrogen-bond donors (Lipinski definition) is 1. The van der Waals surface area contributed by atoms with Gasteiger partial charge in [-0.2, -0.15) is 9.78 Å². The number of amides is 1. The number of hydrogen-bond acceptors (Lipinski definition) is 7. The molecule has 0 aromatic carbocycles. The second-order valence-electron chi connectivity index (χ2n) is 5.43. The Morgan fingerprint density at radius 1 is 1.31 bits per heavy atom. The maximum Gasteiger partial charge on any atom is 0.306 e. The van der Waals surface area contributed by atoms with Crippen LogP contribution in [0.5, 0.6) is 0 Å². The Hall–Kier alpha value is -2.52. The van der Waals surface area contributed by atoms with Gasteiger partial charge >= 0.3 is 5.97 Å². The second-order valence-corrected chi connectivity index (χ2v) is 7.21. The van der Waals surface area contributed by atoms with Gasteiger partial charge in [0.25, 0.3) is 0 Å². The summed E-state index contributed by atoms with van der Waals surface area (Å²) in [6.45, 7) is 3.89. The van der Waals surface area contributed by atoms with Crippen molar-refractivity contribution in [2.45, 2.75) is 26.7 Å². The van der Waals surface area contributed by atoms with Crippen LogP contribution >= 0.6 is 22.7 Å². The number of rotatable bonds is 7. The number of ether oxygens (including phenoxy) is 1. The van der Waals surface area contributed by atoms with Crippen LogP contribution in [-0.4, -0.2) is 33.2 Å². The summed E-state index contributed by atoms with van der Waals surface area (Å²) in [5.41, 5.74) is 1.64. The van der Waals surface area contributed by atoms with E-state index in [2.05, 4.69) is 15.4 Å². The average Bonchev–Trinajstić information content (AvgIpc) is 3.33. The van der Waals surface area contributed by atoms with E-state index >= 15 is 0 Å². The zero-order valence-corrected chi connectivity index (χ0v) is 16.0. The van der Waals surface area contributed by atoms with Gasteiger partial charge in [-0.05, 0) is 25.3 Å². The highest BCUT2D eigenvalue weighted by Crippen LogP contribution is 2.29.